The summed E-state index contributed by atoms with van der Waals surface area (Å²) in [6.07, 6.45) is 3.81. The first-order valence-electron chi connectivity index (χ1n) is 5.64. The highest BCUT2D eigenvalue weighted by molar-refractivity contribution is 6.03. The Hall–Kier alpha value is -2.37. The molecule has 2 heterocycles. The molecule has 3 N–H and O–H groups in total. The molecule has 6 heteroatoms. The van der Waals surface area contributed by atoms with Crippen LogP contribution in [0.15, 0.2) is 23.3 Å². The van der Waals surface area contributed by atoms with Gasteiger partial charge in [0.25, 0.3) is 5.91 Å². The van der Waals surface area contributed by atoms with Crippen LogP contribution in [0.4, 0.5) is 5.82 Å². The van der Waals surface area contributed by atoms with Crippen molar-refractivity contribution in [3.8, 4) is 0 Å². The molecule has 94 valence electrons. The molecule has 0 bridgehead atoms. The van der Waals surface area contributed by atoms with E-state index in [4.69, 9.17) is 0 Å². The van der Waals surface area contributed by atoms with E-state index in [2.05, 4.69) is 20.5 Å². The van der Waals surface area contributed by atoms with Crippen LogP contribution in [0.1, 0.15) is 28.5 Å². The number of amides is 1. The van der Waals surface area contributed by atoms with Crippen LogP contribution in [0.2, 0.25) is 0 Å². The molecule has 0 radical (unpaired) electrons. The molecule has 0 fully saturated rings. The smallest absolute Gasteiger partial charge is 0.262 e. The Morgan fingerprint density at radius 1 is 1.50 bits per heavy atom. The van der Waals surface area contributed by atoms with E-state index >= 15 is 0 Å². The number of aromatic amines is 2. The van der Waals surface area contributed by atoms with Gasteiger partial charge in [0.1, 0.15) is 11.4 Å². The van der Waals surface area contributed by atoms with Crippen molar-refractivity contribution in [2.24, 2.45) is 0 Å². The van der Waals surface area contributed by atoms with Crippen molar-refractivity contribution in [1.29, 1.82) is 0 Å². The number of rotatable bonds is 3. The average molecular weight is 246 g/mol. The lowest BCUT2D eigenvalue weighted by Crippen LogP contribution is -2.22. The van der Waals surface area contributed by atoms with E-state index in [1.807, 2.05) is 6.92 Å². The first kappa shape index (κ1) is 12.1. The number of hydrogen-bond acceptors (Lipinski definition) is 3. The number of anilines is 1. The summed E-state index contributed by atoms with van der Waals surface area (Å²) in [6.45, 7) is 3.71. The number of nitrogens with zero attached hydrogens (tertiary/aromatic N) is 1. The Balaban J connectivity index is 2.25. The van der Waals surface area contributed by atoms with Gasteiger partial charge in [0.15, 0.2) is 5.43 Å². The number of carbonyl (C=O) groups excluding carboxylic acids is 1. The summed E-state index contributed by atoms with van der Waals surface area (Å²) in [5.74, 6) is 0.0812. The number of carbonyl (C=O) groups is 1. The molecule has 1 amide bonds. The third kappa shape index (κ3) is 2.32. The zero-order valence-electron chi connectivity index (χ0n) is 10.2. The van der Waals surface area contributed by atoms with Gasteiger partial charge in [0.2, 0.25) is 0 Å². The standard InChI is InChI=1S/C12H14N4O2/c1-3-8-5-14-16-11(8)15-12(18)9-6-13-7(2)4-10(9)17/h4-6H,3H2,1-2H3,(H,13,17)(H2,14,15,16,18). The van der Waals surface area contributed by atoms with Crippen molar-refractivity contribution in [3.63, 3.8) is 0 Å². The van der Waals surface area contributed by atoms with Crippen molar-refractivity contribution in [2.45, 2.75) is 20.3 Å². The van der Waals surface area contributed by atoms with E-state index in [0.717, 1.165) is 12.0 Å². The molecule has 18 heavy (non-hydrogen) atoms. The van der Waals surface area contributed by atoms with E-state index in [9.17, 15) is 9.59 Å². The maximum Gasteiger partial charge on any atom is 0.262 e. The highest BCUT2D eigenvalue weighted by atomic mass is 16.2. The molecule has 2 aromatic heterocycles. The molecule has 0 aliphatic heterocycles. The van der Waals surface area contributed by atoms with Gasteiger partial charge in [-0.3, -0.25) is 14.7 Å². The van der Waals surface area contributed by atoms with Crippen LogP contribution in [0.5, 0.6) is 0 Å². The minimum atomic E-state index is -0.449. The van der Waals surface area contributed by atoms with E-state index in [1.165, 1.54) is 12.3 Å². The summed E-state index contributed by atoms with van der Waals surface area (Å²) in [4.78, 5) is 26.4. The van der Waals surface area contributed by atoms with Crippen LogP contribution in [0, 0.1) is 6.92 Å². The van der Waals surface area contributed by atoms with Crippen LogP contribution < -0.4 is 10.7 Å². The highest BCUT2D eigenvalue weighted by Gasteiger charge is 2.13. The summed E-state index contributed by atoms with van der Waals surface area (Å²) < 4.78 is 0. The molecule has 0 saturated heterocycles. The lowest BCUT2D eigenvalue weighted by Gasteiger charge is -2.04. The monoisotopic (exact) mass is 246 g/mol. The molecule has 0 spiro atoms. The van der Waals surface area contributed by atoms with Gasteiger partial charge < -0.3 is 10.3 Å². The molecule has 0 aromatic carbocycles. The van der Waals surface area contributed by atoms with Crippen LogP contribution in [-0.2, 0) is 6.42 Å². The van der Waals surface area contributed by atoms with E-state index < -0.39 is 5.91 Å². The summed E-state index contributed by atoms with van der Waals surface area (Å²) >= 11 is 0. The molecule has 6 nitrogen and oxygen atoms in total. The minimum Gasteiger partial charge on any atom is -0.364 e. The number of aromatic nitrogens is 3. The Kier molecular flexibility index (Phi) is 3.27. The number of hydrogen-bond donors (Lipinski definition) is 3. The quantitative estimate of drug-likeness (QED) is 0.760. The lowest BCUT2D eigenvalue weighted by atomic mass is 10.2. The topological polar surface area (TPSA) is 90.6 Å². The normalized spacial score (nSPS) is 10.3. The van der Waals surface area contributed by atoms with E-state index in [0.29, 0.717) is 11.5 Å². The summed E-state index contributed by atoms with van der Waals surface area (Å²) in [6, 6.07) is 1.39. The minimum absolute atomic E-state index is 0.0808. The number of aryl methyl sites for hydroxylation is 2. The second kappa shape index (κ2) is 4.87. The molecule has 0 aliphatic carbocycles. The third-order valence-electron chi connectivity index (χ3n) is 2.64. The van der Waals surface area contributed by atoms with Gasteiger partial charge in [-0.2, -0.15) is 5.10 Å². The molecule has 0 saturated carbocycles. The second-order valence-corrected chi connectivity index (χ2v) is 3.97. The predicted molar refractivity (Wildman–Crippen MR) is 67.7 cm³/mol. The fourth-order valence-electron chi connectivity index (χ4n) is 1.62. The maximum atomic E-state index is 11.9. The first-order chi connectivity index (χ1) is 8.61. The van der Waals surface area contributed by atoms with Gasteiger partial charge in [-0.1, -0.05) is 6.92 Å². The Morgan fingerprint density at radius 3 is 2.94 bits per heavy atom. The zero-order valence-corrected chi connectivity index (χ0v) is 10.2. The molecule has 2 rings (SSSR count). The van der Waals surface area contributed by atoms with Gasteiger partial charge in [-0.25, -0.2) is 0 Å². The fraction of sp³-hybridized carbons (Fsp3) is 0.250. The summed E-state index contributed by atoms with van der Waals surface area (Å²) in [5.41, 5.74) is 1.39. The van der Waals surface area contributed by atoms with Crippen LogP contribution in [0.25, 0.3) is 0 Å². The summed E-state index contributed by atoms with van der Waals surface area (Å²) in [5, 5.41) is 9.19. The lowest BCUT2D eigenvalue weighted by molar-refractivity contribution is 0.102. The largest absolute Gasteiger partial charge is 0.364 e. The van der Waals surface area contributed by atoms with Crippen molar-refractivity contribution in [2.75, 3.05) is 5.32 Å². The van der Waals surface area contributed by atoms with Crippen LogP contribution >= 0.6 is 0 Å². The van der Waals surface area contributed by atoms with E-state index in [-0.39, 0.29) is 11.0 Å². The van der Waals surface area contributed by atoms with Crippen LogP contribution in [0.3, 0.4) is 0 Å². The van der Waals surface area contributed by atoms with Crippen molar-refractivity contribution in [3.05, 3.63) is 45.5 Å². The number of pyridine rings is 1. The molecular weight excluding hydrogens is 232 g/mol. The number of nitrogens with one attached hydrogen (secondary N) is 3. The van der Waals surface area contributed by atoms with Gasteiger partial charge in [-0.15, -0.1) is 0 Å². The van der Waals surface area contributed by atoms with Gasteiger partial charge >= 0.3 is 0 Å². The molecule has 0 unspecified atom stereocenters. The van der Waals surface area contributed by atoms with Crippen molar-refractivity contribution < 1.29 is 4.79 Å². The van der Waals surface area contributed by atoms with E-state index in [1.54, 1.807) is 13.1 Å². The van der Waals surface area contributed by atoms with Crippen LogP contribution in [-0.4, -0.2) is 21.1 Å². The molecule has 2 aromatic rings. The molecular formula is C12H14N4O2. The number of H-pyrrole nitrogens is 2. The third-order valence-corrected chi connectivity index (χ3v) is 2.64. The van der Waals surface area contributed by atoms with Crippen molar-refractivity contribution >= 4 is 11.7 Å². The van der Waals surface area contributed by atoms with Gasteiger partial charge in [-0.05, 0) is 13.3 Å². The average Bonchev–Trinajstić information content (AvgIpc) is 2.76. The first-order valence-corrected chi connectivity index (χ1v) is 5.64. The van der Waals surface area contributed by atoms with Gasteiger partial charge in [0.05, 0.1) is 6.20 Å². The maximum absolute atomic E-state index is 11.9. The fourth-order valence-corrected chi connectivity index (χ4v) is 1.62. The molecule has 0 atom stereocenters. The summed E-state index contributed by atoms with van der Waals surface area (Å²) in [7, 11) is 0. The zero-order chi connectivity index (χ0) is 13.1. The van der Waals surface area contributed by atoms with Crippen molar-refractivity contribution in [1.82, 2.24) is 15.2 Å². The van der Waals surface area contributed by atoms with Gasteiger partial charge in [0, 0.05) is 23.5 Å². The Morgan fingerprint density at radius 2 is 2.28 bits per heavy atom. The SMILES string of the molecule is CCc1cn[nH]c1NC(=O)c1c[nH]c(C)cc1=O. The highest BCUT2D eigenvalue weighted by Crippen LogP contribution is 2.11. The predicted octanol–water partition coefficient (Wildman–Crippen LogP) is 1.22. The Labute approximate surface area is 103 Å². The Bertz CT molecular complexity index is 627. The molecule has 0 aliphatic rings. The second-order valence-electron chi connectivity index (χ2n) is 3.97.